The molecule has 3 aromatic rings. The minimum atomic E-state index is -2.97. The molecule has 1 aliphatic rings. The Morgan fingerprint density at radius 2 is 1.88 bits per heavy atom. The molecular weight excluding hydrogens is 674 g/mol. The van der Waals surface area contributed by atoms with E-state index in [4.69, 9.17) is 4.74 Å². The van der Waals surface area contributed by atoms with Gasteiger partial charge in [0.1, 0.15) is 11.5 Å². The third-order valence-corrected chi connectivity index (χ3v) is 6.18. The fraction of sp³-hybridized carbons (Fsp3) is 0.238. The predicted octanol–water partition coefficient (Wildman–Crippen LogP) is 4.30. The molecule has 0 spiro atoms. The zero-order valence-corrected chi connectivity index (χ0v) is 21.9. The number of carbonyl (C=O) groups excluding carboxylic acids is 1. The van der Waals surface area contributed by atoms with E-state index < -0.39 is 9.84 Å². The standard InChI is InChI=1S/C21H19F2I2N7O2/c22-21(23,25)13-2-1-3-14(10-13)28-15-4-5-17(26-11-15)19(33)30-31-20-27-12-16(24)18(29-20)32-6-8-34-9-7-32/h1-5,10-12,28H,6-9H2,(H,30,33)(H,27,29,31). The Labute approximate surface area is 221 Å². The Morgan fingerprint density at radius 1 is 1.09 bits per heavy atom. The summed E-state index contributed by atoms with van der Waals surface area (Å²) < 4.78 is 30.4. The molecule has 0 aliphatic carbocycles. The molecule has 0 unspecified atom stereocenters. The number of anilines is 4. The quantitative estimate of drug-likeness (QED) is 0.192. The Bertz CT molecular complexity index is 1160. The van der Waals surface area contributed by atoms with Gasteiger partial charge in [0.2, 0.25) is 5.95 Å². The van der Waals surface area contributed by atoms with Crippen LogP contribution >= 0.6 is 45.2 Å². The highest BCUT2D eigenvalue weighted by molar-refractivity contribution is 14.1. The van der Waals surface area contributed by atoms with E-state index >= 15 is 0 Å². The van der Waals surface area contributed by atoms with E-state index in [1.807, 2.05) is 0 Å². The number of halogens is 4. The number of aromatic nitrogens is 3. The number of rotatable bonds is 7. The van der Waals surface area contributed by atoms with Crippen LogP contribution in [0.15, 0.2) is 48.8 Å². The molecule has 9 nitrogen and oxygen atoms in total. The van der Waals surface area contributed by atoms with Crippen LogP contribution < -0.4 is 21.1 Å². The number of pyridine rings is 1. The summed E-state index contributed by atoms with van der Waals surface area (Å²) in [6, 6.07) is 9.09. The molecular formula is C21H19F2I2N7O2. The van der Waals surface area contributed by atoms with Crippen molar-refractivity contribution in [2.24, 2.45) is 0 Å². The van der Waals surface area contributed by atoms with Gasteiger partial charge in [-0.25, -0.2) is 9.97 Å². The van der Waals surface area contributed by atoms with Gasteiger partial charge in [-0.15, -0.1) is 0 Å². The average molecular weight is 693 g/mol. The second-order valence-electron chi connectivity index (χ2n) is 7.18. The van der Waals surface area contributed by atoms with Gasteiger partial charge < -0.3 is 15.0 Å². The molecule has 178 valence electrons. The first kappa shape index (κ1) is 24.7. The van der Waals surface area contributed by atoms with Crippen LogP contribution in [0.5, 0.6) is 0 Å². The van der Waals surface area contributed by atoms with Gasteiger partial charge in [0.15, 0.2) is 0 Å². The largest absolute Gasteiger partial charge is 0.378 e. The van der Waals surface area contributed by atoms with Crippen molar-refractivity contribution in [3.8, 4) is 0 Å². The molecule has 0 saturated carbocycles. The summed E-state index contributed by atoms with van der Waals surface area (Å²) in [4.78, 5) is 27.4. The van der Waals surface area contributed by atoms with Crippen LogP contribution in [0.25, 0.3) is 0 Å². The number of nitrogens with one attached hydrogen (secondary N) is 3. The number of ether oxygens (including phenoxy) is 1. The molecule has 1 aliphatic heterocycles. The number of carbonyl (C=O) groups is 1. The highest BCUT2D eigenvalue weighted by atomic mass is 127. The molecule has 1 aromatic carbocycles. The lowest BCUT2D eigenvalue weighted by molar-refractivity contribution is 0.0957. The molecule has 1 amide bonds. The molecule has 1 saturated heterocycles. The van der Waals surface area contributed by atoms with Crippen LogP contribution in [-0.4, -0.2) is 47.2 Å². The molecule has 34 heavy (non-hydrogen) atoms. The average Bonchev–Trinajstić information content (AvgIpc) is 2.84. The molecule has 4 rings (SSSR count). The minimum absolute atomic E-state index is 0.109. The number of amides is 1. The molecule has 13 heteroatoms. The van der Waals surface area contributed by atoms with Gasteiger partial charge in [-0.1, -0.05) is 12.1 Å². The van der Waals surface area contributed by atoms with Gasteiger partial charge in [0, 0.05) is 53.1 Å². The number of hydrogen-bond donors (Lipinski definition) is 3. The maximum absolute atomic E-state index is 13.5. The summed E-state index contributed by atoms with van der Waals surface area (Å²) in [5.41, 5.74) is 6.33. The Balaban J connectivity index is 1.36. The summed E-state index contributed by atoms with van der Waals surface area (Å²) in [7, 11) is 0. The second kappa shape index (κ2) is 10.9. The van der Waals surface area contributed by atoms with E-state index in [2.05, 4.69) is 58.6 Å². The van der Waals surface area contributed by atoms with Crippen molar-refractivity contribution < 1.29 is 18.3 Å². The second-order valence-corrected chi connectivity index (χ2v) is 9.70. The van der Waals surface area contributed by atoms with Crippen LogP contribution in [0.4, 0.5) is 31.9 Å². The third kappa shape index (κ3) is 6.38. The fourth-order valence-electron chi connectivity index (χ4n) is 3.13. The smallest absolute Gasteiger partial charge is 0.321 e. The first-order valence-electron chi connectivity index (χ1n) is 10.1. The van der Waals surface area contributed by atoms with Gasteiger partial charge in [-0.2, -0.15) is 13.8 Å². The van der Waals surface area contributed by atoms with Gasteiger partial charge in [-0.3, -0.25) is 15.6 Å². The topological polar surface area (TPSA) is 104 Å². The zero-order valence-electron chi connectivity index (χ0n) is 17.6. The lowest BCUT2D eigenvalue weighted by Crippen LogP contribution is -2.38. The van der Waals surface area contributed by atoms with Crippen molar-refractivity contribution in [1.82, 2.24) is 20.4 Å². The molecule has 3 heterocycles. The van der Waals surface area contributed by atoms with Crippen molar-refractivity contribution >= 4 is 74.2 Å². The predicted molar refractivity (Wildman–Crippen MR) is 141 cm³/mol. The minimum Gasteiger partial charge on any atom is -0.378 e. The van der Waals surface area contributed by atoms with Crippen LogP contribution in [0.3, 0.4) is 0 Å². The molecule has 3 N–H and O–H groups in total. The van der Waals surface area contributed by atoms with Crippen LogP contribution in [0.1, 0.15) is 16.1 Å². The number of nitrogens with zero attached hydrogens (tertiary/aromatic N) is 4. The first-order chi connectivity index (χ1) is 16.3. The Morgan fingerprint density at radius 3 is 2.59 bits per heavy atom. The lowest BCUT2D eigenvalue weighted by Gasteiger charge is -2.28. The molecule has 2 aromatic heterocycles. The third-order valence-electron chi connectivity index (χ3n) is 4.80. The lowest BCUT2D eigenvalue weighted by atomic mass is 10.2. The van der Waals surface area contributed by atoms with Gasteiger partial charge in [0.05, 0.1) is 28.7 Å². The van der Waals surface area contributed by atoms with Gasteiger partial charge in [0.25, 0.3) is 5.91 Å². The summed E-state index contributed by atoms with van der Waals surface area (Å²) in [6.07, 6.45) is 3.12. The van der Waals surface area contributed by atoms with Gasteiger partial charge in [-0.05, 0) is 46.9 Å². The Hall–Kier alpha value is -2.40. The maximum atomic E-state index is 13.5. The van der Waals surface area contributed by atoms with E-state index in [0.717, 1.165) is 45.1 Å². The van der Waals surface area contributed by atoms with Crippen LogP contribution in [0, 0.1) is 3.57 Å². The Kier molecular flexibility index (Phi) is 7.92. The SMILES string of the molecule is O=C(NNc1ncc(I)c(N2CCOCC2)n1)c1ccc(Nc2cccc(C(F)(F)I)c2)cn1. The fourth-order valence-corrected chi connectivity index (χ4v) is 4.07. The van der Waals surface area contributed by atoms with E-state index in [-0.39, 0.29) is 17.2 Å². The zero-order chi connectivity index (χ0) is 24.1. The number of morpholine rings is 1. The van der Waals surface area contributed by atoms with Crippen molar-refractivity contribution in [2.45, 2.75) is 3.93 Å². The maximum Gasteiger partial charge on any atom is 0.321 e. The van der Waals surface area contributed by atoms with Crippen molar-refractivity contribution in [3.63, 3.8) is 0 Å². The van der Waals surface area contributed by atoms with E-state index in [0.29, 0.717) is 24.6 Å². The number of hydrazine groups is 1. The monoisotopic (exact) mass is 693 g/mol. The van der Waals surface area contributed by atoms with Crippen molar-refractivity contribution in [1.29, 1.82) is 0 Å². The molecule has 1 fully saturated rings. The number of hydrogen-bond acceptors (Lipinski definition) is 8. The van der Waals surface area contributed by atoms with Crippen LogP contribution in [0.2, 0.25) is 0 Å². The summed E-state index contributed by atoms with van der Waals surface area (Å²) in [5.74, 6) is 0.544. The van der Waals surface area contributed by atoms with Crippen LogP contribution in [-0.2, 0) is 8.67 Å². The highest BCUT2D eigenvalue weighted by Gasteiger charge is 2.26. The molecule has 0 radical (unpaired) electrons. The highest BCUT2D eigenvalue weighted by Crippen LogP contribution is 2.36. The molecule has 0 bridgehead atoms. The normalized spacial score (nSPS) is 13.9. The summed E-state index contributed by atoms with van der Waals surface area (Å²) >= 11 is 3.26. The summed E-state index contributed by atoms with van der Waals surface area (Å²) in [5, 5.41) is 3.00. The van der Waals surface area contributed by atoms with E-state index in [9.17, 15) is 13.6 Å². The van der Waals surface area contributed by atoms with E-state index in [1.165, 1.54) is 24.4 Å². The molecule has 0 atom stereocenters. The summed E-state index contributed by atoms with van der Waals surface area (Å²) in [6.45, 7) is 2.72. The van der Waals surface area contributed by atoms with E-state index in [1.54, 1.807) is 24.4 Å². The first-order valence-corrected chi connectivity index (χ1v) is 12.3. The number of benzene rings is 1. The van der Waals surface area contributed by atoms with Crippen molar-refractivity contribution in [2.75, 3.05) is 41.9 Å². The number of alkyl halides is 3. The van der Waals surface area contributed by atoms with Crippen molar-refractivity contribution in [3.05, 3.63) is 63.6 Å². The van der Waals surface area contributed by atoms with Gasteiger partial charge >= 0.3 is 3.93 Å².